The standard InChI is InChI=1S/C36H20N4/c1-2-10-23-21(9-1)19-27-26-20-22(39-30-15-7-3-11-24(30)25-12-4-8-16-31(25)39)17-18-32(26)40-35(27)33(23)34-36(40)38-29-14-6-5-13-28(29)37-34/h1-20H. The number of fused-ring (bicyclic) bond motifs is 12. The van der Waals surface area contributed by atoms with Crippen LogP contribution in [0.25, 0.3) is 87.7 Å². The van der Waals surface area contributed by atoms with E-state index in [1.165, 1.54) is 54.3 Å². The zero-order valence-electron chi connectivity index (χ0n) is 21.3. The van der Waals surface area contributed by atoms with Crippen LogP contribution in [0.1, 0.15) is 0 Å². The molecule has 4 aromatic heterocycles. The first-order chi connectivity index (χ1) is 19.8. The molecule has 0 aliphatic rings. The molecule has 0 aliphatic carbocycles. The Balaban J connectivity index is 1.41. The third kappa shape index (κ3) is 2.42. The second kappa shape index (κ2) is 7.13. The van der Waals surface area contributed by atoms with Gasteiger partial charge in [0, 0.05) is 32.6 Å². The first-order valence-electron chi connectivity index (χ1n) is 13.6. The maximum absolute atomic E-state index is 5.17. The highest BCUT2D eigenvalue weighted by Gasteiger charge is 2.23. The third-order valence-electron chi connectivity index (χ3n) is 8.60. The summed E-state index contributed by atoms with van der Waals surface area (Å²) in [6.45, 7) is 0. The molecule has 40 heavy (non-hydrogen) atoms. The van der Waals surface area contributed by atoms with Crippen LogP contribution in [-0.4, -0.2) is 18.9 Å². The van der Waals surface area contributed by atoms with Crippen molar-refractivity contribution >= 4 is 82.0 Å². The number of hydrogen-bond donors (Lipinski definition) is 0. The predicted molar refractivity (Wildman–Crippen MR) is 166 cm³/mol. The zero-order valence-corrected chi connectivity index (χ0v) is 21.3. The van der Waals surface area contributed by atoms with E-state index < -0.39 is 0 Å². The molecule has 0 spiro atoms. The molecule has 0 N–H and O–H groups in total. The molecule has 184 valence electrons. The minimum Gasteiger partial charge on any atom is -0.309 e. The fourth-order valence-corrected chi connectivity index (χ4v) is 6.94. The largest absolute Gasteiger partial charge is 0.309 e. The molecule has 0 radical (unpaired) electrons. The molecule has 0 saturated carbocycles. The van der Waals surface area contributed by atoms with Gasteiger partial charge >= 0.3 is 0 Å². The van der Waals surface area contributed by atoms with Crippen LogP contribution in [0.2, 0.25) is 0 Å². The van der Waals surface area contributed by atoms with Gasteiger partial charge in [0.25, 0.3) is 0 Å². The van der Waals surface area contributed by atoms with E-state index >= 15 is 0 Å². The summed E-state index contributed by atoms with van der Waals surface area (Å²) in [6, 6.07) is 43.4. The molecular weight excluding hydrogens is 488 g/mol. The molecule has 0 aliphatic heterocycles. The van der Waals surface area contributed by atoms with E-state index in [1.54, 1.807) is 0 Å². The van der Waals surface area contributed by atoms with Crippen molar-refractivity contribution in [3.05, 3.63) is 121 Å². The summed E-state index contributed by atoms with van der Waals surface area (Å²) in [6.07, 6.45) is 0. The van der Waals surface area contributed by atoms with E-state index in [-0.39, 0.29) is 0 Å². The molecule has 10 aromatic rings. The smallest absolute Gasteiger partial charge is 0.165 e. The van der Waals surface area contributed by atoms with Crippen LogP contribution in [0, 0.1) is 0 Å². The molecule has 0 fully saturated rings. The Morgan fingerprint density at radius 3 is 1.90 bits per heavy atom. The van der Waals surface area contributed by atoms with Gasteiger partial charge in [-0.1, -0.05) is 72.8 Å². The summed E-state index contributed by atoms with van der Waals surface area (Å²) in [7, 11) is 0. The molecule has 10 rings (SSSR count). The molecule has 0 atom stereocenters. The molecule has 0 saturated heterocycles. The van der Waals surface area contributed by atoms with Crippen molar-refractivity contribution in [1.82, 2.24) is 18.9 Å². The van der Waals surface area contributed by atoms with Gasteiger partial charge in [0.05, 0.1) is 33.1 Å². The van der Waals surface area contributed by atoms with Crippen LogP contribution in [0.5, 0.6) is 0 Å². The van der Waals surface area contributed by atoms with Crippen LogP contribution in [0.3, 0.4) is 0 Å². The highest BCUT2D eigenvalue weighted by atomic mass is 15.0. The van der Waals surface area contributed by atoms with Gasteiger partial charge in [-0.15, -0.1) is 0 Å². The van der Waals surface area contributed by atoms with Gasteiger partial charge in [0.1, 0.15) is 5.52 Å². The topological polar surface area (TPSA) is 35.1 Å². The fraction of sp³-hybridized carbons (Fsp3) is 0. The number of hydrogen-bond acceptors (Lipinski definition) is 2. The Bertz CT molecular complexity index is 2600. The van der Waals surface area contributed by atoms with Crippen LogP contribution in [0.4, 0.5) is 0 Å². The van der Waals surface area contributed by atoms with Crippen LogP contribution < -0.4 is 0 Å². The highest BCUT2D eigenvalue weighted by molar-refractivity contribution is 6.30. The van der Waals surface area contributed by atoms with E-state index in [0.29, 0.717) is 0 Å². The van der Waals surface area contributed by atoms with Gasteiger partial charge in [-0.3, -0.25) is 4.40 Å². The molecule has 0 bridgehead atoms. The fourth-order valence-electron chi connectivity index (χ4n) is 6.94. The Hall–Kier alpha value is -5.48. The Labute approximate surface area is 227 Å². The van der Waals surface area contributed by atoms with E-state index in [9.17, 15) is 0 Å². The minimum absolute atomic E-state index is 0.912. The van der Waals surface area contributed by atoms with Crippen molar-refractivity contribution in [3.63, 3.8) is 0 Å². The Morgan fingerprint density at radius 2 is 1.12 bits per heavy atom. The van der Waals surface area contributed by atoms with Crippen LogP contribution in [0.15, 0.2) is 121 Å². The summed E-state index contributed by atoms with van der Waals surface area (Å²) in [5, 5.41) is 8.60. The number of aromatic nitrogens is 4. The van der Waals surface area contributed by atoms with Gasteiger partial charge in [0.2, 0.25) is 0 Å². The van der Waals surface area contributed by atoms with Crippen molar-refractivity contribution in [2.24, 2.45) is 0 Å². The lowest BCUT2D eigenvalue weighted by Gasteiger charge is -2.09. The van der Waals surface area contributed by atoms with E-state index in [0.717, 1.165) is 33.4 Å². The van der Waals surface area contributed by atoms with Crippen molar-refractivity contribution < 1.29 is 0 Å². The van der Waals surface area contributed by atoms with Gasteiger partial charge < -0.3 is 4.57 Å². The third-order valence-corrected chi connectivity index (χ3v) is 8.60. The SMILES string of the molecule is c1ccc2c(c1)cc1c3cc(-n4c5ccccc5c5ccccc54)ccc3n3c4nc5ccccc5nc4c2c13. The minimum atomic E-state index is 0.912. The van der Waals surface area contributed by atoms with Gasteiger partial charge in [-0.2, -0.15) is 0 Å². The zero-order chi connectivity index (χ0) is 25.9. The molecule has 6 aromatic carbocycles. The Kier molecular flexibility index (Phi) is 3.65. The molecule has 4 heterocycles. The first kappa shape index (κ1) is 20.5. The first-order valence-corrected chi connectivity index (χ1v) is 13.6. The monoisotopic (exact) mass is 508 g/mol. The number of benzene rings is 6. The molecule has 0 unspecified atom stereocenters. The van der Waals surface area contributed by atoms with Gasteiger partial charge in [-0.25, -0.2) is 9.97 Å². The second-order valence-electron chi connectivity index (χ2n) is 10.7. The summed E-state index contributed by atoms with van der Waals surface area (Å²) in [5.74, 6) is 0. The predicted octanol–water partition coefficient (Wildman–Crippen LogP) is 9.03. The average molecular weight is 509 g/mol. The van der Waals surface area contributed by atoms with Crippen molar-refractivity contribution in [3.8, 4) is 5.69 Å². The maximum atomic E-state index is 5.17. The average Bonchev–Trinajstić information content (AvgIpc) is 3.63. The van der Waals surface area contributed by atoms with Crippen molar-refractivity contribution in [2.75, 3.05) is 0 Å². The summed E-state index contributed by atoms with van der Waals surface area (Å²) in [4.78, 5) is 10.3. The summed E-state index contributed by atoms with van der Waals surface area (Å²) >= 11 is 0. The quantitative estimate of drug-likeness (QED) is 0.222. The molecular formula is C36H20N4. The molecule has 4 heteroatoms. The van der Waals surface area contributed by atoms with E-state index in [1.807, 2.05) is 18.2 Å². The number of nitrogens with zero attached hydrogens (tertiary/aromatic N) is 4. The highest BCUT2D eigenvalue weighted by Crippen LogP contribution is 2.43. The lowest BCUT2D eigenvalue weighted by Crippen LogP contribution is -1.94. The maximum Gasteiger partial charge on any atom is 0.165 e. The van der Waals surface area contributed by atoms with Crippen molar-refractivity contribution in [1.29, 1.82) is 0 Å². The van der Waals surface area contributed by atoms with E-state index in [2.05, 4.69) is 112 Å². The lowest BCUT2D eigenvalue weighted by atomic mass is 10.0. The van der Waals surface area contributed by atoms with Gasteiger partial charge in [0.15, 0.2) is 5.65 Å². The van der Waals surface area contributed by atoms with Crippen LogP contribution >= 0.6 is 0 Å². The van der Waals surface area contributed by atoms with Crippen LogP contribution in [-0.2, 0) is 0 Å². The normalized spacial score (nSPS) is 12.5. The van der Waals surface area contributed by atoms with Crippen molar-refractivity contribution in [2.45, 2.75) is 0 Å². The number of para-hydroxylation sites is 4. The van der Waals surface area contributed by atoms with E-state index in [4.69, 9.17) is 9.97 Å². The van der Waals surface area contributed by atoms with Gasteiger partial charge in [-0.05, 0) is 59.3 Å². The summed E-state index contributed by atoms with van der Waals surface area (Å²) in [5.41, 5.74) is 9.64. The summed E-state index contributed by atoms with van der Waals surface area (Å²) < 4.78 is 4.72. The second-order valence-corrected chi connectivity index (χ2v) is 10.7. The Morgan fingerprint density at radius 1 is 0.475 bits per heavy atom. The lowest BCUT2D eigenvalue weighted by molar-refractivity contribution is 1.18. The molecule has 0 amide bonds. The number of rotatable bonds is 1. The molecule has 4 nitrogen and oxygen atoms in total.